The molecule has 0 aliphatic heterocycles. The van der Waals surface area contributed by atoms with Gasteiger partial charge in [0.1, 0.15) is 11.1 Å². The lowest BCUT2D eigenvalue weighted by Crippen LogP contribution is -2.26. The molecule has 0 aliphatic carbocycles. The Bertz CT molecular complexity index is 898. The molecule has 2 rings (SSSR count). The number of hydrogen-bond acceptors (Lipinski definition) is 3. The fraction of sp³-hybridized carbons (Fsp3) is 0.190. The zero-order valence-corrected chi connectivity index (χ0v) is 17.4. The lowest BCUT2D eigenvalue weighted by molar-refractivity contribution is -0.115. The topological polar surface area (TPSA) is 47.6 Å². The van der Waals surface area contributed by atoms with Crippen molar-refractivity contribution >= 4 is 46.3 Å². The Balaban J connectivity index is 2.01. The molecular weight excluding hydrogens is 421 g/mol. The molecular formula is C21H18Cl3NO3. The van der Waals surface area contributed by atoms with Crippen LogP contribution in [0.2, 0.25) is 5.02 Å². The van der Waals surface area contributed by atoms with E-state index < -0.39 is 0 Å². The Morgan fingerprint density at radius 2 is 1.86 bits per heavy atom. The minimum atomic E-state index is -0.372. The number of carbonyl (C=O) groups excluding carboxylic acids is 1. The summed E-state index contributed by atoms with van der Waals surface area (Å²) in [6.45, 7) is 0.537. The first-order chi connectivity index (χ1) is 13.5. The first kappa shape index (κ1) is 22.0. The van der Waals surface area contributed by atoms with Gasteiger partial charge in [-0.3, -0.25) is 4.79 Å². The van der Waals surface area contributed by atoms with E-state index in [1.165, 1.54) is 0 Å². The van der Waals surface area contributed by atoms with Crippen molar-refractivity contribution in [1.29, 1.82) is 0 Å². The van der Waals surface area contributed by atoms with E-state index in [0.29, 0.717) is 35.1 Å². The highest BCUT2D eigenvalue weighted by Gasteiger charge is 2.16. The van der Waals surface area contributed by atoms with Crippen LogP contribution in [-0.4, -0.2) is 26.2 Å². The smallest absolute Gasteiger partial charge is 0.254 e. The lowest BCUT2D eigenvalue weighted by atomic mass is 10.1. The van der Waals surface area contributed by atoms with Gasteiger partial charge in [0.25, 0.3) is 5.91 Å². The number of methoxy groups -OCH3 is 1. The molecule has 0 spiro atoms. The highest BCUT2D eigenvalue weighted by atomic mass is 35.5. The molecule has 0 fully saturated rings. The molecule has 0 aromatic heterocycles. The quantitative estimate of drug-likeness (QED) is 0.473. The van der Waals surface area contributed by atoms with Gasteiger partial charge in [-0.2, -0.15) is 0 Å². The summed E-state index contributed by atoms with van der Waals surface area (Å²) in [6.07, 6.45) is 5.78. The zero-order valence-electron chi connectivity index (χ0n) is 15.1. The summed E-state index contributed by atoms with van der Waals surface area (Å²) in [4.78, 5) is 12.5. The third-order valence-corrected chi connectivity index (χ3v) is 4.42. The first-order valence-electron chi connectivity index (χ1n) is 8.28. The van der Waals surface area contributed by atoms with Gasteiger partial charge in [0.15, 0.2) is 11.5 Å². The summed E-state index contributed by atoms with van der Waals surface area (Å²) in [7, 11) is 1.55. The average molecular weight is 439 g/mol. The van der Waals surface area contributed by atoms with Gasteiger partial charge in [0.05, 0.1) is 12.7 Å². The Morgan fingerprint density at radius 1 is 1.14 bits per heavy atom. The number of hydrogen-bond donors (Lipinski definition) is 1. The summed E-state index contributed by atoms with van der Waals surface area (Å²) in [5, 5.41) is 3.37. The Hall–Kier alpha value is -2.32. The van der Waals surface area contributed by atoms with Crippen LogP contribution >= 0.6 is 34.8 Å². The van der Waals surface area contributed by atoms with Crippen LogP contribution in [0.3, 0.4) is 0 Å². The van der Waals surface area contributed by atoms with Crippen LogP contribution in [0.5, 0.6) is 11.5 Å². The first-order valence-corrected chi connectivity index (χ1v) is 9.42. The van der Waals surface area contributed by atoms with E-state index in [1.54, 1.807) is 37.4 Å². The molecule has 2 aromatic rings. The van der Waals surface area contributed by atoms with E-state index >= 15 is 0 Å². The second-order valence-electron chi connectivity index (χ2n) is 5.63. The summed E-state index contributed by atoms with van der Waals surface area (Å²) in [6, 6.07) is 12.2. The number of amides is 1. The third kappa shape index (κ3) is 6.10. The van der Waals surface area contributed by atoms with Gasteiger partial charge in [0, 0.05) is 11.6 Å². The minimum absolute atomic E-state index is 0.114. The van der Waals surface area contributed by atoms with Crippen LogP contribution in [0, 0.1) is 12.3 Å². The molecule has 1 amide bonds. The van der Waals surface area contributed by atoms with E-state index in [-0.39, 0.29) is 22.6 Å². The number of ether oxygens (including phenoxy) is 2. The molecule has 0 bridgehead atoms. The molecule has 4 nitrogen and oxygen atoms in total. The highest BCUT2D eigenvalue weighted by Crippen LogP contribution is 2.28. The van der Waals surface area contributed by atoms with Gasteiger partial charge in [-0.25, -0.2) is 0 Å². The molecule has 0 radical (unpaired) electrons. The number of terminal acetylenes is 1. The van der Waals surface area contributed by atoms with Crippen molar-refractivity contribution in [2.75, 3.05) is 20.3 Å². The van der Waals surface area contributed by atoms with Gasteiger partial charge in [-0.15, -0.1) is 6.42 Å². The largest absolute Gasteiger partial charge is 0.493 e. The minimum Gasteiger partial charge on any atom is -0.493 e. The number of halogens is 3. The fourth-order valence-corrected chi connectivity index (χ4v) is 2.97. The molecule has 7 heteroatoms. The fourth-order valence-electron chi connectivity index (χ4n) is 2.46. The van der Waals surface area contributed by atoms with Crippen LogP contribution in [0.15, 0.2) is 47.0 Å². The molecule has 1 N–H and O–H groups in total. The van der Waals surface area contributed by atoms with Crippen LogP contribution in [0.4, 0.5) is 0 Å². The van der Waals surface area contributed by atoms with Crippen molar-refractivity contribution < 1.29 is 14.3 Å². The number of carbonyl (C=O) groups is 1. The summed E-state index contributed by atoms with van der Waals surface area (Å²) in [5.41, 5.74) is 1.73. The van der Waals surface area contributed by atoms with Crippen molar-refractivity contribution in [3.63, 3.8) is 0 Å². The number of rotatable bonds is 8. The van der Waals surface area contributed by atoms with Gasteiger partial charge in [-0.05, 0) is 41.8 Å². The van der Waals surface area contributed by atoms with Gasteiger partial charge < -0.3 is 14.8 Å². The van der Waals surface area contributed by atoms with Crippen LogP contribution in [-0.2, 0) is 11.2 Å². The Kier molecular flexibility index (Phi) is 8.53. The van der Waals surface area contributed by atoms with Crippen molar-refractivity contribution in [3.8, 4) is 23.8 Å². The summed E-state index contributed by atoms with van der Waals surface area (Å²) in [5.74, 6) is 3.17. The summed E-state index contributed by atoms with van der Waals surface area (Å²) >= 11 is 17.7. The molecule has 0 heterocycles. The maximum atomic E-state index is 12.5. The average Bonchev–Trinajstić information content (AvgIpc) is 2.68. The predicted molar refractivity (Wildman–Crippen MR) is 114 cm³/mol. The van der Waals surface area contributed by atoms with Crippen molar-refractivity contribution in [2.45, 2.75) is 6.42 Å². The van der Waals surface area contributed by atoms with Crippen molar-refractivity contribution in [1.82, 2.24) is 5.32 Å². The molecule has 28 heavy (non-hydrogen) atoms. The van der Waals surface area contributed by atoms with Crippen molar-refractivity contribution in [3.05, 3.63) is 63.1 Å². The Labute approximate surface area is 179 Å². The predicted octanol–water partition coefficient (Wildman–Crippen LogP) is 4.87. The second-order valence-corrected chi connectivity index (χ2v) is 7.01. The normalized spacial score (nSPS) is 9.96. The lowest BCUT2D eigenvalue weighted by Gasteiger charge is -2.12. The SMILES string of the molecule is C#CCOc1ccc(CCNC(=O)C(=C(Cl)Cl)c2ccc(Cl)cc2)cc1OC. The van der Waals surface area contributed by atoms with Crippen LogP contribution in [0.1, 0.15) is 11.1 Å². The zero-order chi connectivity index (χ0) is 20.5. The van der Waals surface area contributed by atoms with E-state index in [9.17, 15) is 4.79 Å². The number of nitrogens with one attached hydrogen (secondary N) is 1. The second kappa shape index (κ2) is 10.9. The molecule has 0 saturated carbocycles. The maximum Gasteiger partial charge on any atom is 0.254 e. The molecule has 0 unspecified atom stereocenters. The van der Waals surface area contributed by atoms with Gasteiger partial charge in [-0.1, -0.05) is 58.9 Å². The van der Waals surface area contributed by atoms with E-state index in [4.69, 9.17) is 50.7 Å². The molecule has 2 aromatic carbocycles. The van der Waals surface area contributed by atoms with Gasteiger partial charge in [0.2, 0.25) is 0 Å². The van der Waals surface area contributed by atoms with E-state index in [1.807, 2.05) is 12.1 Å². The maximum absolute atomic E-state index is 12.5. The number of benzene rings is 2. The third-order valence-electron chi connectivity index (χ3n) is 3.79. The van der Waals surface area contributed by atoms with Crippen LogP contribution in [0.25, 0.3) is 5.57 Å². The molecule has 146 valence electrons. The Morgan fingerprint density at radius 3 is 2.46 bits per heavy atom. The standard InChI is InChI=1S/C21H18Cl3NO3/c1-3-12-28-17-9-4-14(13-18(17)27-2)10-11-25-21(26)19(20(23)24)15-5-7-16(22)8-6-15/h1,4-9,13H,10-12H2,2H3,(H,25,26). The van der Waals surface area contributed by atoms with Gasteiger partial charge >= 0.3 is 0 Å². The molecule has 0 atom stereocenters. The van der Waals surface area contributed by atoms with Crippen LogP contribution < -0.4 is 14.8 Å². The monoisotopic (exact) mass is 437 g/mol. The van der Waals surface area contributed by atoms with Crippen molar-refractivity contribution in [2.24, 2.45) is 0 Å². The van der Waals surface area contributed by atoms with E-state index in [2.05, 4.69) is 11.2 Å². The highest BCUT2D eigenvalue weighted by molar-refractivity contribution is 6.61. The van der Waals surface area contributed by atoms with E-state index in [0.717, 1.165) is 5.56 Å². The molecule has 0 saturated heterocycles. The molecule has 0 aliphatic rings. The summed E-state index contributed by atoms with van der Waals surface area (Å²) < 4.78 is 10.6.